The van der Waals surface area contributed by atoms with E-state index in [0.29, 0.717) is 11.1 Å². The van der Waals surface area contributed by atoms with Crippen LogP contribution in [-0.2, 0) is 0 Å². The molecule has 2 heterocycles. The van der Waals surface area contributed by atoms with E-state index in [4.69, 9.17) is 11.6 Å². The Morgan fingerprint density at radius 2 is 2.29 bits per heavy atom. The Bertz CT molecular complexity index is 472. The third kappa shape index (κ3) is 2.16. The van der Waals surface area contributed by atoms with Gasteiger partial charge in [-0.2, -0.15) is 0 Å². The van der Waals surface area contributed by atoms with Crippen LogP contribution in [0, 0.1) is 5.92 Å². The van der Waals surface area contributed by atoms with Crippen molar-refractivity contribution in [3.05, 3.63) is 33.5 Å². The molecule has 0 bridgehead atoms. The number of hydrogen-bond donors (Lipinski definition) is 1. The molecule has 3 rings (SSSR count). The van der Waals surface area contributed by atoms with Crippen molar-refractivity contribution >= 4 is 33.1 Å². The fourth-order valence-electron chi connectivity index (χ4n) is 2.89. The number of fused-ring (bicyclic) bond motifs is 1. The molecule has 0 radical (unpaired) electrons. The Labute approximate surface area is 115 Å². The van der Waals surface area contributed by atoms with Crippen molar-refractivity contribution in [3.63, 3.8) is 0 Å². The molecule has 0 saturated carbocycles. The Morgan fingerprint density at radius 3 is 3.12 bits per heavy atom. The molecule has 0 aromatic carbocycles. The number of halogens is 2. The molecule has 1 aromatic heterocycles. The van der Waals surface area contributed by atoms with E-state index < -0.39 is 0 Å². The summed E-state index contributed by atoms with van der Waals surface area (Å²) in [5.41, 5.74) is 2.53. The van der Waals surface area contributed by atoms with Gasteiger partial charge in [-0.1, -0.05) is 17.7 Å². The smallest absolute Gasteiger partial charge is 0.124 e. The molecule has 0 unspecified atom stereocenters. The molecule has 1 aliphatic heterocycles. The van der Waals surface area contributed by atoms with Crippen molar-refractivity contribution in [2.45, 2.75) is 25.3 Å². The van der Waals surface area contributed by atoms with Crippen LogP contribution in [0.15, 0.2) is 22.9 Å². The minimum atomic E-state index is 0.503. The average molecular weight is 314 g/mol. The minimum absolute atomic E-state index is 0.503. The quantitative estimate of drug-likeness (QED) is 0.801. The van der Waals surface area contributed by atoms with Gasteiger partial charge < -0.3 is 5.32 Å². The van der Waals surface area contributed by atoms with Gasteiger partial charge in [0.15, 0.2) is 0 Å². The van der Waals surface area contributed by atoms with Crippen LogP contribution in [0.1, 0.15) is 24.8 Å². The van der Waals surface area contributed by atoms with Crippen molar-refractivity contribution in [2.24, 2.45) is 5.92 Å². The molecule has 2 aliphatic rings. The van der Waals surface area contributed by atoms with Gasteiger partial charge in [0.05, 0.1) is 5.02 Å². The summed E-state index contributed by atoms with van der Waals surface area (Å²) < 4.78 is 0.718. The summed E-state index contributed by atoms with van der Waals surface area (Å²) in [6.45, 7) is 1.13. The second kappa shape index (κ2) is 4.71. The van der Waals surface area contributed by atoms with Gasteiger partial charge in [0, 0.05) is 12.2 Å². The van der Waals surface area contributed by atoms with Crippen molar-refractivity contribution in [2.75, 3.05) is 6.54 Å². The van der Waals surface area contributed by atoms with E-state index >= 15 is 0 Å². The standard InChI is InChI=1S/C13H14BrClN2/c14-13-11(15)6-9(7-17-13)10-3-1-2-8-4-5-16-12(8)10/h3,6-8,12,16H,1-2,4-5H2/t8-,12+/m1/s1. The first-order chi connectivity index (χ1) is 8.25. The lowest BCUT2D eigenvalue weighted by Gasteiger charge is -2.27. The van der Waals surface area contributed by atoms with E-state index in [2.05, 4.69) is 32.3 Å². The normalized spacial score (nSPS) is 27.8. The van der Waals surface area contributed by atoms with Crippen LogP contribution in [0.3, 0.4) is 0 Å². The molecular formula is C13H14BrClN2. The van der Waals surface area contributed by atoms with Crippen molar-refractivity contribution < 1.29 is 0 Å². The monoisotopic (exact) mass is 312 g/mol. The summed E-state index contributed by atoms with van der Waals surface area (Å²) >= 11 is 9.45. The van der Waals surface area contributed by atoms with E-state index in [1.165, 1.54) is 24.8 Å². The maximum absolute atomic E-state index is 6.12. The number of allylic oxidation sites excluding steroid dienone is 1. The van der Waals surface area contributed by atoms with E-state index in [1.54, 1.807) is 0 Å². The molecule has 1 aromatic rings. The molecule has 1 N–H and O–H groups in total. The van der Waals surface area contributed by atoms with Crippen molar-refractivity contribution in [1.29, 1.82) is 0 Å². The summed E-state index contributed by atoms with van der Waals surface area (Å²) in [4.78, 5) is 4.28. The summed E-state index contributed by atoms with van der Waals surface area (Å²) in [6, 6.07) is 2.51. The Balaban J connectivity index is 1.97. The fraction of sp³-hybridized carbons (Fsp3) is 0.462. The largest absolute Gasteiger partial charge is 0.310 e. The third-order valence-corrected chi connectivity index (χ3v) is 4.87. The van der Waals surface area contributed by atoms with Crippen LogP contribution in [0.5, 0.6) is 0 Å². The van der Waals surface area contributed by atoms with Gasteiger partial charge in [-0.15, -0.1) is 0 Å². The number of rotatable bonds is 1. The summed E-state index contributed by atoms with van der Waals surface area (Å²) in [5, 5.41) is 4.27. The van der Waals surface area contributed by atoms with Gasteiger partial charge >= 0.3 is 0 Å². The molecule has 17 heavy (non-hydrogen) atoms. The van der Waals surface area contributed by atoms with Gasteiger partial charge in [-0.25, -0.2) is 4.98 Å². The molecular weight excluding hydrogens is 300 g/mol. The van der Waals surface area contributed by atoms with E-state index in [1.807, 2.05) is 12.3 Å². The predicted octanol–water partition coefficient (Wildman–Crippen LogP) is 3.65. The van der Waals surface area contributed by atoms with Crippen molar-refractivity contribution in [3.8, 4) is 0 Å². The van der Waals surface area contributed by atoms with Crippen LogP contribution in [0.25, 0.3) is 5.57 Å². The molecule has 0 spiro atoms. The first-order valence-electron chi connectivity index (χ1n) is 6.00. The topological polar surface area (TPSA) is 24.9 Å². The highest BCUT2D eigenvalue weighted by molar-refractivity contribution is 9.10. The molecule has 4 heteroatoms. The van der Waals surface area contributed by atoms with Crippen LogP contribution in [0.4, 0.5) is 0 Å². The number of nitrogens with zero attached hydrogens (tertiary/aromatic N) is 1. The van der Waals surface area contributed by atoms with Gasteiger partial charge in [0.2, 0.25) is 0 Å². The average Bonchev–Trinajstić information content (AvgIpc) is 2.80. The lowest BCUT2D eigenvalue weighted by Crippen LogP contribution is -2.30. The molecule has 2 nitrogen and oxygen atoms in total. The number of hydrogen-bond acceptors (Lipinski definition) is 2. The Hall–Kier alpha value is -0.380. The van der Waals surface area contributed by atoms with Crippen LogP contribution in [0.2, 0.25) is 5.02 Å². The fourth-order valence-corrected chi connectivity index (χ4v) is 3.27. The summed E-state index contributed by atoms with van der Waals surface area (Å²) in [6.07, 6.45) is 8.01. The second-order valence-electron chi connectivity index (χ2n) is 4.71. The zero-order chi connectivity index (χ0) is 11.8. The SMILES string of the molecule is Clc1cc(C2=CCC[C@@H]3CCN[C@H]23)cnc1Br. The van der Waals surface area contributed by atoms with Crippen LogP contribution >= 0.6 is 27.5 Å². The van der Waals surface area contributed by atoms with Crippen molar-refractivity contribution in [1.82, 2.24) is 10.3 Å². The highest BCUT2D eigenvalue weighted by Crippen LogP contribution is 2.37. The predicted molar refractivity (Wildman–Crippen MR) is 74.1 cm³/mol. The van der Waals surface area contributed by atoms with E-state index in [9.17, 15) is 0 Å². The molecule has 1 saturated heterocycles. The maximum atomic E-state index is 6.12. The highest BCUT2D eigenvalue weighted by Gasteiger charge is 2.32. The second-order valence-corrected chi connectivity index (χ2v) is 5.87. The zero-order valence-corrected chi connectivity index (χ0v) is 11.8. The summed E-state index contributed by atoms with van der Waals surface area (Å²) in [7, 11) is 0. The first-order valence-corrected chi connectivity index (χ1v) is 7.17. The van der Waals surface area contributed by atoms with Crippen LogP contribution in [-0.4, -0.2) is 17.6 Å². The number of aromatic nitrogens is 1. The van der Waals surface area contributed by atoms with E-state index in [-0.39, 0.29) is 0 Å². The molecule has 2 atom stereocenters. The maximum Gasteiger partial charge on any atom is 0.124 e. The Kier molecular flexibility index (Phi) is 3.24. The lowest BCUT2D eigenvalue weighted by molar-refractivity contribution is 0.470. The van der Waals surface area contributed by atoms with Gasteiger partial charge in [-0.3, -0.25) is 0 Å². The first kappa shape index (κ1) is 11.7. The molecule has 1 aliphatic carbocycles. The van der Waals surface area contributed by atoms with E-state index in [0.717, 1.165) is 22.6 Å². The van der Waals surface area contributed by atoms with Crippen LogP contribution < -0.4 is 5.32 Å². The van der Waals surface area contributed by atoms with Gasteiger partial charge in [-0.05, 0) is 64.9 Å². The minimum Gasteiger partial charge on any atom is -0.310 e. The molecule has 1 fully saturated rings. The zero-order valence-electron chi connectivity index (χ0n) is 9.42. The number of nitrogens with one attached hydrogen (secondary N) is 1. The van der Waals surface area contributed by atoms with Gasteiger partial charge in [0.25, 0.3) is 0 Å². The molecule has 90 valence electrons. The highest BCUT2D eigenvalue weighted by atomic mass is 79.9. The Morgan fingerprint density at radius 1 is 1.41 bits per heavy atom. The summed E-state index contributed by atoms with van der Waals surface area (Å²) in [5.74, 6) is 0.789. The number of pyridine rings is 1. The lowest BCUT2D eigenvalue weighted by atomic mass is 9.82. The van der Waals surface area contributed by atoms with Gasteiger partial charge in [0.1, 0.15) is 4.60 Å². The molecule has 0 amide bonds. The third-order valence-electron chi connectivity index (χ3n) is 3.72.